The molecule has 0 radical (unpaired) electrons. The highest BCUT2D eigenvalue weighted by Gasteiger charge is 2.22. The van der Waals surface area contributed by atoms with Crippen molar-refractivity contribution in [1.82, 2.24) is 9.62 Å². The van der Waals surface area contributed by atoms with Crippen molar-refractivity contribution in [2.75, 3.05) is 20.8 Å². The van der Waals surface area contributed by atoms with Crippen LogP contribution in [-0.4, -0.2) is 39.4 Å². The number of carbonyl (C=O) groups excluding carboxylic acids is 1. The van der Waals surface area contributed by atoms with Crippen LogP contribution in [0.15, 0.2) is 84.3 Å². The van der Waals surface area contributed by atoms with Gasteiger partial charge in [-0.15, -0.1) is 0 Å². The predicted molar refractivity (Wildman–Crippen MR) is 133 cm³/mol. The second-order valence-corrected chi connectivity index (χ2v) is 9.30. The minimum Gasteiger partial charge on any atom is -0.493 e. The molecule has 0 bridgehead atoms. The van der Waals surface area contributed by atoms with E-state index in [1.54, 1.807) is 19.2 Å². The molecule has 0 aromatic heterocycles. The van der Waals surface area contributed by atoms with Crippen molar-refractivity contribution in [2.24, 2.45) is 0 Å². The van der Waals surface area contributed by atoms with Crippen LogP contribution in [-0.2, 0) is 27.9 Å². The van der Waals surface area contributed by atoms with Gasteiger partial charge in [-0.05, 0) is 34.9 Å². The van der Waals surface area contributed by atoms with Gasteiger partial charge in [0.05, 0.1) is 20.8 Å². The monoisotopic (exact) mass is 480 g/mol. The van der Waals surface area contributed by atoms with E-state index in [1.165, 1.54) is 13.2 Å². The number of rotatable bonds is 11. The van der Waals surface area contributed by atoms with Crippen LogP contribution in [0.2, 0.25) is 0 Å². The summed E-state index contributed by atoms with van der Waals surface area (Å²) in [6.07, 6.45) is 1.52. The molecule has 0 unspecified atom stereocenters. The van der Waals surface area contributed by atoms with E-state index in [1.807, 2.05) is 66.7 Å². The standard InChI is InChI=1S/C26H28N2O5S/c1-32-24-14-13-23(17-25(24)33-2)18-27-26(29)20-28(19-22-11-7-4-8-12-22)34(30,31)16-15-21-9-5-3-6-10-21/h3-17H,18-20H2,1-2H3,(H,27,29)/b16-15+. The second kappa shape index (κ2) is 12.0. The van der Waals surface area contributed by atoms with Crippen molar-refractivity contribution in [3.05, 3.63) is 101 Å². The number of benzene rings is 3. The number of carbonyl (C=O) groups is 1. The molecule has 0 atom stereocenters. The Bertz CT molecular complexity index is 1210. The van der Waals surface area contributed by atoms with Gasteiger partial charge < -0.3 is 14.8 Å². The summed E-state index contributed by atoms with van der Waals surface area (Å²) in [7, 11) is -0.775. The lowest BCUT2D eigenvalue weighted by atomic mass is 10.2. The van der Waals surface area contributed by atoms with Gasteiger partial charge in [0, 0.05) is 18.5 Å². The third kappa shape index (κ3) is 7.19. The molecule has 1 N–H and O–H groups in total. The number of methoxy groups -OCH3 is 2. The first-order chi connectivity index (χ1) is 16.4. The van der Waals surface area contributed by atoms with Crippen LogP contribution in [0.1, 0.15) is 16.7 Å². The average molecular weight is 481 g/mol. The Labute approximate surface area is 200 Å². The molecule has 7 nitrogen and oxygen atoms in total. The summed E-state index contributed by atoms with van der Waals surface area (Å²) in [4.78, 5) is 12.7. The smallest absolute Gasteiger partial charge is 0.237 e. The summed E-state index contributed by atoms with van der Waals surface area (Å²) in [5, 5.41) is 3.92. The molecular weight excluding hydrogens is 452 g/mol. The third-order valence-corrected chi connectivity index (χ3v) is 6.51. The van der Waals surface area contributed by atoms with Crippen LogP contribution in [0.3, 0.4) is 0 Å². The van der Waals surface area contributed by atoms with Crippen LogP contribution in [0, 0.1) is 0 Å². The normalized spacial score (nSPS) is 11.5. The number of hydrogen-bond donors (Lipinski definition) is 1. The summed E-state index contributed by atoms with van der Waals surface area (Å²) in [5.74, 6) is 0.721. The number of nitrogens with one attached hydrogen (secondary N) is 1. The van der Waals surface area contributed by atoms with Crippen molar-refractivity contribution >= 4 is 22.0 Å². The molecule has 1 amide bonds. The maximum atomic E-state index is 13.1. The van der Waals surface area contributed by atoms with Crippen LogP contribution >= 0.6 is 0 Å². The van der Waals surface area contributed by atoms with Gasteiger partial charge >= 0.3 is 0 Å². The lowest BCUT2D eigenvalue weighted by Crippen LogP contribution is -2.39. The molecule has 0 aliphatic rings. The Balaban J connectivity index is 1.73. The molecule has 0 saturated heterocycles. The van der Waals surface area contributed by atoms with E-state index in [4.69, 9.17) is 9.47 Å². The van der Waals surface area contributed by atoms with E-state index in [-0.39, 0.29) is 19.6 Å². The zero-order chi connectivity index (χ0) is 24.4. The van der Waals surface area contributed by atoms with Crippen LogP contribution in [0.25, 0.3) is 6.08 Å². The quantitative estimate of drug-likeness (QED) is 0.451. The largest absolute Gasteiger partial charge is 0.493 e. The summed E-state index contributed by atoms with van der Waals surface area (Å²) >= 11 is 0. The number of amides is 1. The van der Waals surface area contributed by atoms with Crippen molar-refractivity contribution in [1.29, 1.82) is 0 Å². The molecule has 8 heteroatoms. The third-order valence-electron chi connectivity index (χ3n) is 5.05. The van der Waals surface area contributed by atoms with E-state index < -0.39 is 15.9 Å². The average Bonchev–Trinajstić information content (AvgIpc) is 2.87. The highest BCUT2D eigenvalue weighted by molar-refractivity contribution is 7.92. The van der Waals surface area contributed by atoms with Gasteiger partial charge in [-0.1, -0.05) is 66.7 Å². The first-order valence-electron chi connectivity index (χ1n) is 10.7. The highest BCUT2D eigenvalue weighted by atomic mass is 32.2. The lowest BCUT2D eigenvalue weighted by Gasteiger charge is -2.20. The molecule has 0 fully saturated rings. The number of ether oxygens (including phenoxy) is 2. The van der Waals surface area contributed by atoms with Crippen molar-refractivity contribution in [3.8, 4) is 11.5 Å². The molecule has 0 aliphatic carbocycles. The van der Waals surface area contributed by atoms with Crippen LogP contribution < -0.4 is 14.8 Å². The summed E-state index contributed by atoms with van der Waals surface area (Å²) in [6, 6.07) is 23.6. The Morgan fingerprint density at radius 3 is 2.18 bits per heavy atom. The molecule has 0 spiro atoms. The molecule has 0 saturated carbocycles. The first kappa shape index (κ1) is 25.0. The Hall–Kier alpha value is -3.62. The van der Waals surface area contributed by atoms with E-state index >= 15 is 0 Å². The van der Waals surface area contributed by atoms with Crippen LogP contribution in [0.5, 0.6) is 11.5 Å². The molecule has 34 heavy (non-hydrogen) atoms. The van der Waals surface area contributed by atoms with Gasteiger partial charge in [-0.25, -0.2) is 8.42 Å². The minimum absolute atomic E-state index is 0.0755. The SMILES string of the molecule is COc1ccc(CNC(=O)CN(Cc2ccccc2)S(=O)(=O)/C=C/c2ccccc2)cc1OC. The van der Waals surface area contributed by atoms with Crippen molar-refractivity contribution in [2.45, 2.75) is 13.1 Å². The van der Waals surface area contributed by atoms with Crippen molar-refractivity contribution < 1.29 is 22.7 Å². The molecule has 0 heterocycles. The summed E-state index contributed by atoms with van der Waals surface area (Å²) < 4.78 is 37.9. The molecular formula is C26H28N2O5S. The van der Waals surface area contributed by atoms with Gasteiger partial charge in [0.1, 0.15) is 0 Å². The fraction of sp³-hybridized carbons (Fsp3) is 0.192. The predicted octanol–water partition coefficient (Wildman–Crippen LogP) is 3.82. The topological polar surface area (TPSA) is 84.9 Å². The zero-order valence-corrected chi connectivity index (χ0v) is 20.0. The van der Waals surface area contributed by atoms with E-state index in [9.17, 15) is 13.2 Å². The zero-order valence-electron chi connectivity index (χ0n) is 19.2. The number of nitrogens with zero attached hydrogens (tertiary/aromatic N) is 1. The molecule has 3 aromatic carbocycles. The van der Waals surface area contributed by atoms with Gasteiger partial charge in [-0.3, -0.25) is 4.79 Å². The fourth-order valence-corrected chi connectivity index (χ4v) is 4.37. The molecule has 3 aromatic rings. The minimum atomic E-state index is -3.86. The van der Waals surface area contributed by atoms with E-state index in [2.05, 4.69) is 5.32 Å². The summed E-state index contributed by atoms with van der Waals surface area (Å²) in [6.45, 7) is -0.0198. The molecule has 3 rings (SSSR count). The molecule has 0 aliphatic heterocycles. The second-order valence-electron chi connectivity index (χ2n) is 7.48. The Morgan fingerprint density at radius 1 is 0.882 bits per heavy atom. The van der Waals surface area contributed by atoms with E-state index in [0.717, 1.165) is 26.4 Å². The Morgan fingerprint density at radius 2 is 1.53 bits per heavy atom. The maximum absolute atomic E-state index is 13.1. The van der Waals surface area contributed by atoms with Gasteiger partial charge in [0.25, 0.3) is 0 Å². The first-order valence-corrected chi connectivity index (χ1v) is 12.2. The molecule has 178 valence electrons. The van der Waals surface area contributed by atoms with Gasteiger partial charge in [0.2, 0.25) is 15.9 Å². The van der Waals surface area contributed by atoms with Gasteiger partial charge in [0.15, 0.2) is 11.5 Å². The van der Waals surface area contributed by atoms with Crippen LogP contribution in [0.4, 0.5) is 0 Å². The van der Waals surface area contributed by atoms with Gasteiger partial charge in [-0.2, -0.15) is 4.31 Å². The lowest BCUT2D eigenvalue weighted by molar-refractivity contribution is -0.121. The number of sulfonamides is 1. The fourth-order valence-electron chi connectivity index (χ4n) is 3.24. The number of hydrogen-bond acceptors (Lipinski definition) is 5. The van der Waals surface area contributed by atoms with Crippen molar-refractivity contribution in [3.63, 3.8) is 0 Å². The Kier molecular flexibility index (Phi) is 8.84. The highest BCUT2D eigenvalue weighted by Crippen LogP contribution is 2.27. The maximum Gasteiger partial charge on any atom is 0.237 e. The van der Waals surface area contributed by atoms with E-state index in [0.29, 0.717) is 11.5 Å². The summed E-state index contributed by atoms with van der Waals surface area (Å²) in [5.41, 5.74) is 2.34.